The van der Waals surface area contributed by atoms with Gasteiger partial charge in [-0.1, -0.05) is 0 Å². The predicted molar refractivity (Wildman–Crippen MR) is 70.0 cm³/mol. The van der Waals surface area contributed by atoms with Crippen LogP contribution in [0.4, 0.5) is 0 Å². The smallest absolute Gasteiger partial charge is 0.236 e. The van der Waals surface area contributed by atoms with Crippen LogP contribution < -0.4 is 11.1 Å². The molecule has 0 spiro atoms. The van der Waals surface area contributed by atoms with Crippen molar-refractivity contribution in [1.82, 2.24) is 10.2 Å². The second-order valence-corrected chi connectivity index (χ2v) is 5.45. The minimum atomic E-state index is -0.238. The Kier molecular flexibility index (Phi) is 3.81. The highest BCUT2D eigenvalue weighted by Gasteiger charge is 2.31. The maximum absolute atomic E-state index is 11.5. The Bertz CT molecular complexity index is 404. The minimum absolute atomic E-state index is 0.194. The second-order valence-electron chi connectivity index (χ2n) is 4.50. The molecule has 1 aliphatic rings. The number of thiophene rings is 1. The molecule has 0 aliphatic carbocycles. The number of nitrogens with zero attached hydrogens (tertiary/aromatic N) is 1. The maximum Gasteiger partial charge on any atom is 0.236 e. The van der Waals surface area contributed by atoms with Crippen molar-refractivity contribution in [1.29, 1.82) is 0 Å². The van der Waals surface area contributed by atoms with Gasteiger partial charge in [0.25, 0.3) is 0 Å². The topological polar surface area (TPSA) is 58.4 Å². The van der Waals surface area contributed by atoms with Gasteiger partial charge in [0.05, 0.1) is 0 Å². The van der Waals surface area contributed by atoms with Gasteiger partial charge >= 0.3 is 0 Å². The van der Waals surface area contributed by atoms with E-state index in [1.807, 2.05) is 0 Å². The van der Waals surface area contributed by atoms with Crippen molar-refractivity contribution in [3.8, 4) is 0 Å². The fraction of sp³-hybridized carbons (Fsp3) is 0.583. The number of hydrogen-bond acceptors (Lipinski definition) is 4. The highest BCUT2D eigenvalue weighted by atomic mass is 32.1. The van der Waals surface area contributed by atoms with Crippen LogP contribution in [0.15, 0.2) is 11.4 Å². The molecule has 1 aliphatic heterocycles. The van der Waals surface area contributed by atoms with E-state index in [1.165, 1.54) is 10.4 Å². The Hall–Kier alpha value is -0.910. The van der Waals surface area contributed by atoms with Gasteiger partial charge in [0.15, 0.2) is 0 Å². The molecule has 2 heterocycles. The van der Waals surface area contributed by atoms with Crippen LogP contribution in [0.1, 0.15) is 23.4 Å². The lowest BCUT2D eigenvalue weighted by atomic mass is 10.1. The molecule has 2 rings (SSSR count). The Morgan fingerprint density at radius 1 is 1.71 bits per heavy atom. The van der Waals surface area contributed by atoms with Crippen LogP contribution in [0, 0.1) is 6.92 Å². The van der Waals surface area contributed by atoms with Crippen LogP contribution in [0.25, 0.3) is 0 Å². The van der Waals surface area contributed by atoms with E-state index in [9.17, 15) is 4.79 Å². The second kappa shape index (κ2) is 5.16. The van der Waals surface area contributed by atoms with Gasteiger partial charge in [0, 0.05) is 30.6 Å². The van der Waals surface area contributed by atoms with Gasteiger partial charge in [0.1, 0.15) is 6.04 Å². The number of primary amides is 1. The van der Waals surface area contributed by atoms with Crippen molar-refractivity contribution < 1.29 is 4.79 Å². The maximum atomic E-state index is 11.5. The Morgan fingerprint density at radius 3 is 3.06 bits per heavy atom. The quantitative estimate of drug-likeness (QED) is 0.840. The minimum Gasteiger partial charge on any atom is -0.368 e. The van der Waals surface area contributed by atoms with E-state index in [0.29, 0.717) is 6.54 Å². The van der Waals surface area contributed by atoms with Crippen molar-refractivity contribution in [3.05, 3.63) is 21.9 Å². The zero-order chi connectivity index (χ0) is 12.4. The molecule has 17 heavy (non-hydrogen) atoms. The number of piperazine rings is 1. The van der Waals surface area contributed by atoms with Crippen LogP contribution >= 0.6 is 11.3 Å². The highest BCUT2D eigenvalue weighted by Crippen LogP contribution is 2.30. The number of aryl methyl sites for hydroxylation is 1. The third kappa shape index (κ3) is 2.51. The molecule has 94 valence electrons. The molecule has 0 saturated carbocycles. The molecule has 2 unspecified atom stereocenters. The molecule has 2 atom stereocenters. The average molecular weight is 253 g/mol. The lowest BCUT2D eigenvalue weighted by Crippen LogP contribution is -2.57. The molecule has 1 amide bonds. The average Bonchev–Trinajstić information content (AvgIpc) is 2.74. The molecular formula is C12H19N3OS. The largest absolute Gasteiger partial charge is 0.368 e. The van der Waals surface area contributed by atoms with Gasteiger partial charge in [-0.25, -0.2) is 0 Å². The molecule has 1 saturated heterocycles. The van der Waals surface area contributed by atoms with E-state index in [2.05, 4.69) is 35.5 Å². The normalized spacial score (nSPS) is 23.5. The van der Waals surface area contributed by atoms with Gasteiger partial charge in [-0.3, -0.25) is 9.69 Å². The Balaban J connectivity index is 2.19. The first-order valence-electron chi connectivity index (χ1n) is 5.91. The summed E-state index contributed by atoms with van der Waals surface area (Å²) >= 11 is 1.75. The zero-order valence-electron chi connectivity index (χ0n) is 10.3. The zero-order valence-corrected chi connectivity index (χ0v) is 11.1. The first kappa shape index (κ1) is 12.5. The van der Waals surface area contributed by atoms with E-state index in [4.69, 9.17) is 5.73 Å². The number of amides is 1. The van der Waals surface area contributed by atoms with Crippen LogP contribution in [-0.4, -0.2) is 36.5 Å². The number of nitrogens with two attached hydrogens (primary N) is 1. The molecule has 0 radical (unpaired) electrons. The van der Waals surface area contributed by atoms with Crippen molar-refractivity contribution in [2.24, 2.45) is 5.73 Å². The predicted octanol–water partition coefficient (Wildman–Crippen LogP) is 0.877. The van der Waals surface area contributed by atoms with Crippen LogP contribution in [0.5, 0.6) is 0 Å². The third-order valence-corrected chi connectivity index (χ3v) is 4.58. The summed E-state index contributed by atoms with van der Waals surface area (Å²) in [6.07, 6.45) is 0. The lowest BCUT2D eigenvalue weighted by Gasteiger charge is -2.38. The Morgan fingerprint density at radius 2 is 2.47 bits per heavy atom. The monoisotopic (exact) mass is 253 g/mol. The number of nitrogens with one attached hydrogen (secondary N) is 1. The van der Waals surface area contributed by atoms with E-state index in [-0.39, 0.29) is 18.0 Å². The molecule has 1 fully saturated rings. The number of carbonyl (C=O) groups is 1. The SMILES string of the molecule is Cc1ccsc1C(C)N1CCNCC1C(N)=O. The van der Waals surface area contributed by atoms with E-state index in [0.717, 1.165) is 13.1 Å². The summed E-state index contributed by atoms with van der Waals surface area (Å²) in [6.45, 7) is 6.71. The molecule has 3 N–H and O–H groups in total. The van der Waals surface area contributed by atoms with Crippen LogP contribution in [0.3, 0.4) is 0 Å². The molecule has 4 nitrogen and oxygen atoms in total. The number of rotatable bonds is 3. The lowest BCUT2D eigenvalue weighted by molar-refractivity contribution is -0.124. The summed E-state index contributed by atoms with van der Waals surface area (Å²) in [5.74, 6) is -0.238. The fourth-order valence-electron chi connectivity index (χ4n) is 2.41. The van der Waals surface area contributed by atoms with E-state index < -0.39 is 0 Å². The van der Waals surface area contributed by atoms with Gasteiger partial charge in [-0.2, -0.15) is 0 Å². The number of hydrogen-bond donors (Lipinski definition) is 2. The summed E-state index contributed by atoms with van der Waals surface area (Å²) in [4.78, 5) is 15.0. The van der Waals surface area contributed by atoms with Gasteiger partial charge in [-0.05, 0) is 30.9 Å². The molecular weight excluding hydrogens is 234 g/mol. The summed E-state index contributed by atoms with van der Waals surface area (Å²) in [5, 5.41) is 5.32. The highest BCUT2D eigenvalue weighted by molar-refractivity contribution is 7.10. The Labute approximate surface area is 106 Å². The van der Waals surface area contributed by atoms with Crippen LogP contribution in [0.2, 0.25) is 0 Å². The molecule has 0 aromatic carbocycles. The molecule has 1 aromatic rings. The first-order valence-corrected chi connectivity index (χ1v) is 6.79. The van der Waals surface area contributed by atoms with Crippen molar-refractivity contribution >= 4 is 17.2 Å². The summed E-state index contributed by atoms with van der Waals surface area (Å²) in [7, 11) is 0. The summed E-state index contributed by atoms with van der Waals surface area (Å²) in [6, 6.07) is 2.19. The fourth-order valence-corrected chi connectivity index (χ4v) is 3.42. The summed E-state index contributed by atoms with van der Waals surface area (Å²) < 4.78 is 0. The molecule has 5 heteroatoms. The van der Waals surface area contributed by atoms with E-state index >= 15 is 0 Å². The molecule has 1 aromatic heterocycles. The first-order chi connectivity index (χ1) is 8.11. The summed E-state index contributed by atoms with van der Waals surface area (Å²) in [5.41, 5.74) is 6.77. The van der Waals surface area contributed by atoms with Crippen molar-refractivity contribution in [2.45, 2.75) is 25.9 Å². The van der Waals surface area contributed by atoms with E-state index in [1.54, 1.807) is 11.3 Å². The standard InChI is InChI=1S/C12H19N3OS/c1-8-3-6-17-11(8)9(2)15-5-4-14-7-10(15)12(13)16/h3,6,9-10,14H,4-5,7H2,1-2H3,(H2,13,16). The van der Waals surface area contributed by atoms with Gasteiger partial charge in [0.2, 0.25) is 5.91 Å². The van der Waals surface area contributed by atoms with Gasteiger partial charge in [-0.15, -0.1) is 11.3 Å². The third-order valence-electron chi connectivity index (χ3n) is 3.39. The van der Waals surface area contributed by atoms with Crippen LogP contribution in [-0.2, 0) is 4.79 Å². The molecule has 0 bridgehead atoms. The van der Waals surface area contributed by atoms with Gasteiger partial charge < -0.3 is 11.1 Å². The van der Waals surface area contributed by atoms with Crippen molar-refractivity contribution in [3.63, 3.8) is 0 Å². The van der Waals surface area contributed by atoms with Crippen molar-refractivity contribution in [2.75, 3.05) is 19.6 Å². The number of carbonyl (C=O) groups excluding carboxylic acids is 1.